The van der Waals surface area contributed by atoms with Gasteiger partial charge in [0.15, 0.2) is 0 Å². The topological polar surface area (TPSA) is 85.5 Å². The summed E-state index contributed by atoms with van der Waals surface area (Å²) < 4.78 is 31.7. The van der Waals surface area contributed by atoms with E-state index in [1.807, 2.05) is 36.0 Å². The molecule has 0 saturated heterocycles. The molecule has 0 aliphatic carbocycles. The molecule has 0 aliphatic heterocycles. The molecule has 3 aromatic heterocycles. The van der Waals surface area contributed by atoms with Gasteiger partial charge in [0.1, 0.15) is 17.3 Å². The zero-order valence-corrected chi connectivity index (χ0v) is 18.8. The van der Waals surface area contributed by atoms with Crippen LogP contribution in [0, 0.1) is 11.6 Å². The van der Waals surface area contributed by atoms with Gasteiger partial charge in [-0.1, -0.05) is 0 Å². The Bertz CT molecular complexity index is 1560. The average molecular weight is 474 g/mol. The molecule has 0 fully saturated rings. The van der Waals surface area contributed by atoms with Crippen molar-refractivity contribution in [3.8, 4) is 33.5 Å². The van der Waals surface area contributed by atoms with Crippen molar-refractivity contribution < 1.29 is 18.4 Å². The number of anilines is 1. The Labute approximate surface area is 198 Å². The summed E-state index contributed by atoms with van der Waals surface area (Å²) in [5, 5.41) is 6.87. The highest BCUT2D eigenvalue weighted by Gasteiger charge is 2.14. The molecular weight excluding hydrogens is 454 g/mol. The van der Waals surface area contributed by atoms with Crippen LogP contribution in [0.15, 0.2) is 73.3 Å². The number of benzene rings is 2. The zero-order chi connectivity index (χ0) is 24.5. The average Bonchev–Trinajstić information content (AvgIpc) is 3.44. The lowest BCUT2D eigenvalue weighted by atomic mass is 10.00. The molecule has 0 bridgehead atoms. The first-order valence-corrected chi connectivity index (χ1v) is 10.6. The normalized spacial score (nSPS) is 11.1. The maximum atomic E-state index is 14.6. The molecule has 3 heterocycles. The third-order valence-corrected chi connectivity index (χ3v) is 5.47. The van der Waals surface area contributed by atoms with E-state index in [9.17, 15) is 13.6 Å². The van der Waals surface area contributed by atoms with Crippen molar-refractivity contribution >= 4 is 17.4 Å². The number of pyridine rings is 1. The van der Waals surface area contributed by atoms with Crippen LogP contribution in [0.4, 0.5) is 19.3 Å². The Balaban J connectivity index is 1.61. The molecule has 0 unspecified atom stereocenters. The third-order valence-electron chi connectivity index (χ3n) is 5.47. The molecule has 2 aromatic carbocycles. The number of carbonyl (C=O) groups excluding carboxylic acids is 1. The van der Waals surface area contributed by atoms with Crippen molar-refractivity contribution in [3.05, 3.63) is 85.0 Å². The smallest absolute Gasteiger partial charge is 0.306 e. The Morgan fingerprint density at radius 3 is 2.54 bits per heavy atom. The van der Waals surface area contributed by atoms with Gasteiger partial charge in [-0.05, 0) is 53.6 Å². The molecule has 5 aromatic rings. The molecule has 0 aliphatic rings. The summed E-state index contributed by atoms with van der Waals surface area (Å²) in [7, 11) is 3.17. The van der Waals surface area contributed by atoms with E-state index in [1.165, 1.54) is 19.2 Å². The lowest BCUT2D eigenvalue weighted by molar-refractivity contribution is 0.114. The minimum Gasteiger partial charge on any atom is -0.306 e. The van der Waals surface area contributed by atoms with Gasteiger partial charge in [0.05, 0.1) is 25.2 Å². The zero-order valence-electron chi connectivity index (χ0n) is 18.8. The van der Waals surface area contributed by atoms with Gasteiger partial charge >= 0.3 is 6.03 Å². The second-order valence-electron chi connectivity index (χ2n) is 7.87. The third kappa shape index (κ3) is 4.46. The molecule has 0 spiro atoms. The number of carbonyl (C=O) groups is 1. The summed E-state index contributed by atoms with van der Waals surface area (Å²) in [5.41, 5.74) is 7.22. The maximum Gasteiger partial charge on any atom is 0.343 e. The van der Waals surface area contributed by atoms with Gasteiger partial charge in [-0.2, -0.15) is 5.10 Å². The summed E-state index contributed by atoms with van der Waals surface area (Å²) in [6.45, 7) is 0. The highest BCUT2D eigenvalue weighted by Crippen LogP contribution is 2.33. The highest BCUT2D eigenvalue weighted by molar-refractivity contribution is 5.91. The van der Waals surface area contributed by atoms with Gasteiger partial charge < -0.3 is 5.32 Å². The quantitative estimate of drug-likeness (QED) is 0.350. The van der Waals surface area contributed by atoms with Crippen LogP contribution < -0.4 is 10.8 Å². The molecule has 8 nitrogen and oxygen atoms in total. The van der Waals surface area contributed by atoms with Gasteiger partial charge in [0, 0.05) is 47.9 Å². The second kappa shape index (κ2) is 8.99. The van der Waals surface area contributed by atoms with Crippen LogP contribution in [0.2, 0.25) is 0 Å². The van der Waals surface area contributed by atoms with Crippen LogP contribution in [0.3, 0.4) is 0 Å². The fourth-order valence-electron chi connectivity index (χ4n) is 3.92. The number of aromatic nitrogens is 4. The number of nitrogens with one attached hydrogen (secondary N) is 2. The number of nitrogens with zero attached hydrogens (tertiary/aromatic N) is 4. The van der Waals surface area contributed by atoms with Crippen molar-refractivity contribution in [2.75, 3.05) is 12.4 Å². The van der Waals surface area contributed by atoms with Crippen LogP contribution in [-0.4, -0.2) is 32.3 Å². The molecule has 0 saturated carbocycles. The standard InChI is InChI=1S/C25H20F2N6O2/c1-32-14-18(12-29-32)15-5-6-33-23(13-28-24(33)10-15)17-7-16(21-4-3-19(26)11-22(21)27)8-20(9-17)30-25(34)31-35-2/h3-14H,1-2H3,(H2,30,31,34). The van der Waals surface area contributed by atoms with E-state index in [1.54, 1.807) is 35.3 Å². The van der Waals surface area contributed by atoms with Crippen molar-refractivity contribution in [2.24, 2.45) is 7.05 Å². The predicted octanol–water partition coefficient (Wildman–Crippen LogP) is 5.03. The number of imidazole rings is 1. The summed E-state index contributed by atoms with van der Waals surface area (Å²) in [6.07, 6.45) is 7.27. The largest absolute Gasteiger partial charge is 0.343 e. The van der Waals surface area contributed by atoms with Crippen LogP contribution in [-0.2, 0) is 11.9 Å². The van der Waals surface area contributed by atoms with E-state index in [0.717, 1.165) is 22.9 Å². The number of amides is 2. The predicted molar refractivity (Wildman–Crippen MR) is 127 cm³/mol. The van der Waals surface area contributed by atoms with E-state index >= 15 is 0 Å². The number of hydroxylamine groups is 1. The minimum absolute atomic E-state index is 0.191. The van der Waals surface area contributed by atoms with Gasteiger partial charge in [-0.25, -0.2) is 24.0 Å². The maximum absolute atomic E-state index is 14.6. The van der Waals surface area contributed by atoms with E-state index in [-0.39, 0.29) is 5.56 Å². The summed E-state index contributed by atoms with van der Waals surface area (Å²) in [5.74, 6) is -1.39. The summed E-state index contributed by atoms with van der Waals surface area (Å²) >= 11 is 0. The SMILES string of the molecule is CONC(=O)Nc1cc(-c2ccc(F)cc2F)cc(-c2cnc3cc(-c4cnn(C)c4)ccn23)c1. The molecule has 35 heavy (non-hydrogen) atoms. The van der Waals surface area contributed by atoms with E-state index < -0.39 is 17.7 Å². The lowest BCUT2D eigenvalue weighted by Crippen LogP contribution is -2.27. The van der Waals surface area contributed by atoms with Gasteiger partial charge in [-0.15, -0.1) is 0 Å². The molecular formula is C25H20F2N6O2. The monoisotopic (exact) mass is 474 g/mol. The van der Waals surface area contributed by atoms with Crippen molar-refractivity contribution in [1.29, 1.82) is 0 Å². The Hall–Kier alpha value is -4.57. The fraction of sp³-hybridized carbons (Fsp3) is 0.0800. The van der Waals surface area contributed by atoms with Crippen molar-refractivity contribution in [1.82, 2.24) is 24.6 Å². The fourth-order valence-corrected chi connectivity index (χ4v) is 3.92. The molecule has 176 valence electrons. The molecule has 5 rings (SSSR count). The molecule has 0 radical (unpaired) electrons. The number of urea groups is 1. The van der Waals surface area contributed by atoms with Crippen molar-refractivity contribution in [2.45, 2.75) is 0 Å². The number of hydrogen-bond donors (Lipinski definition) is 2. The van der Waals surface area contributed by atoms with Gasteiger partial charge in [0.25, 0.3) is 0 Å². The molecule has 10 heteroatoms. The summed E-state index contributed by atoms with van der Waals surface area (Å²) in [4.78, 5) is 21.2. The van der Waals surface area contributed by atoms with Gasteiger partial charge in [0.2, 0.25) is 0 Å². The minimum atomic E-state index is -0.714. The first-order valence-electron chi connectivity index (χ1n) is 10.6. The number of rotatable bonds is 5. The van der Waals surface area contributed by atoms with Crippen LogP contribution in [0.1, 0.15) is 0 Å². The summed E-state index contributed by atoms with van der Waals surface area (Å²) in [6, 6.07) is 11.7. The van der Waals surface area contributed by atoms with Crippen LogP contribution in [0.5, 0.6) is 0 Å². The first kappa shape index (κ1) is 22.2. The van der Waals surface area contributed by atoms with E-state index in [4.69, 9.17) is 0 Å². The Morgan fingerprint density at radius 1 is 0.971 bits per heavy atom. The Morgan fingerprint density at radius 2 is 1.80 bits per heavy atom. The van der Waals surface area contributed by atoms with Crippen LogP contribution in [0.25, 0.3) is 39.2 Å². The highest BCUT2D eigenvalue weighted by atomic mass is 19.1. The molecule has 0 atom stereocenters. The number of halogens is 2. The van der Waals surface area contributed by atoms with Crippen molar-refractivity contribution in [3.63, 3.8) is 0 Å². The van der Waals surface area contributed by atoms with Crippen LogP contribution >= 0.6 is 0 Å². The Kier molecular flexibility index (Phi) is 5.71. The number of fused-ring (bicyclic) bond motifs is 1. The van der Waals surface area contributed by atoms with Gasteiger partial charge in [-0.3, -0.25) is 13.9 Å². The second-order valence-corrected chi connectivity index (χ2v) is 7.87. The van der Waals surface area contributed by atoms with E-state index in [0.29, 0.717) is 22.5 Å². The lowest BCUT2D eigenvalue weighted by Gasteiger charge is -2.12. The van der Waals surface area contributed by atoms with E-state index in [2.05, 4.69) is 25.7 Å². The molecule has 2 N–H and O–H groups in total. The molecule has 2 amide bonds. The number of hydrogen-bond acceptors (Lipinski definition) is 4. The first-order chi connectivity index (χ1) is 16.9. The number of aryl methyl sites for hydroxylation is 1.